The van der Waals surface area contributed by atoms with Crippen LogP contribution in [0.5, 0.6) is 0 Å². The van der Waals surface area contributed by atoms with Crippen molar-refractivity contribution >= 4 is 6.41 Å². The van der Waals surface area contributed by atoms with Gasteiger partial charge >= 0.3 is 0 Å². The van der Waals surface area contributed by atoms with Gasteiger partial charge in [-0.3, -0.25) is 4.79 Å². The van der Waals surface area contributed by atoms with Crippen molar-refractivity contribution in [1.82, 2.24) is 5.32 Å². The van der Waals surface area contributed by atoms with Gasteiger partial charge in [0.05, 0.1) is 0 Å². The third kappa shape index (κ3) is 1.48. The number of nitrogens with one attached hydrogen (secondary N) is 1. The van der Waals surface area contributed by atoms with Gasteiger partial charge < -0.3 is 11.1 Å². The van der Waals surface area contributed by atoms with Crippen LogP contribution in [-0.4, -0.2) is 19.0 Å². The minimum Gasteiger partial charge on any atom is -0.354 e. The molecule has 1 amide bonds. The first-order chi connectivity index (χ1) is 7.75. The molecule has 0 aromatic rings. The van der Waals surface area contributed by atoms with Crippen molar-refractivity contribution in [2.45, 2.75) is 44.6 Å². The van der Waals surface area contributed by atoms with Gasteiger partial charge in [-0.05, 0) is 61.7 Å². The largest absolute Gasteiger partial charge is 0.354 e. The van der Waals surface area contributed by atoms with Gasteiger partial charge in [0.1, 0.15) is 0 Å². The van der Waals surface area contributed by atoms with E-state index in [0.29, 0.717) is 12.0 Å². The van der Waals surface area contributed by atoms with E-state index >= 15 is 0 Å². The lowest BCUT2D eigenvalue weighted by Gasteiger charge is -2.59. The molecule has 0 spiro atoms. The molecule has 0 saturated heterocycles. The van der Waals surface area contributed by atoms with Crippen LogP contribution >= 0.6 is 0 Å². The molecular weight excluding hydrogens is 200 g/mol. The molecular formula is C13H22N2O. The third-order valence-electron chi connectivity index (χ3n) is 5.33. The number of rotatable bonds is 4. The van der Waals surface area contributed by atoms with Crippen LogP contribution in [0.3, 0.4) is 0 Å². The predicted octanol–water partition coefficient (Wildman–Crippen LogP) is 1.28. The van der Waals surface area contributed by atoms with Crippen molar-refractivity contribution in [3.63, 3.8) is 0 Å². The lowest BCUT2D eigenvalue weighted by atomic mass is 9.47. The second-order valence-electron chi connectivity index (χ2n) is 6.35. The SMILES string of the molecule is NCC(NC=O)C12CC3CC(CC(C3)C1)C2. The lowest BCUT2D eigenvalue weighted by molar-refractivity contribution is -0.114. The molecule has 3 N–H and O–H groups in total. The van der Waals surface area contributed by atoms with Crippen LogP contribution in [0.1, 0.15) is 38.5 Å². The molecule has 4 saturated carbocycles. The van der Waals surface area contributed by atoms with Gasteiger partial charge in [-0.15, -0.1) is 0 Å². The molecule has 0 radical (unpaired) electrons. The summed E-state index contributed by atoms with van der Waals surface area (Å²) in [6.45, 7) is 0.602. The van der Waals surface area contributed by atoms with Crippen molar-refractivity contribution in [1.29, 1.82) is 0 Å². The fourth-order valence-electron chi connectivity index (χ4n) is 5.18. The molecule has 0 aromatic carbocycles. The number of hydrogen-bond acceptors (Lipinski definition) is 2. The zero-order valence-electron chi connectivity index (χ0n) is 9.82. The van der Waals surface area contributed by atoms with E-state index in [9.17, 15) is 4.79 Å². The van der Waals surface area contributed by atoms with Gasteiger partial charge in [0.25, 0.3) is 0 Å². The second-order valence-corrected chi connectivity index (χ2v) is 6.35. The van der Waals surface area contributed by atoms with Crippen LogP contribution < -0.4 is 11.1 Å². The van der Waals surface area contributed by atoms with Crippen molar-refractivity contribution in [2.75, 3.05) is 6.54 Å². The number of amides is 1. The molecule has 4 bridgehead atoms. The Balaban J connectivity index is 1.84. The van der Waals surface area contributed by atoms with Crippen molar-refractivity contribution in [3.8, 4) is 0 Å². The van der Waals surface area contributed by atoms with E-state index in [-0.39, 0.29) is 6.04 Å². The van der Waals surface area contributed by atoms with Gasteiger partial charge in [0, 0.05) is 12.6 Å². The second kappa shape index (κ2) is 3.73. The summed E-state index contributed by atoms with van der Waals surface area (Å²) in [6, 6.07) is 0.221. The van der Waals surface area contributed by atoms with Gasteiger partial charge in [0.15, 0.2) is 0 Å². The van der Waals surface area contributed by atoms with Crippen molar-refractivity contribution in [2.24, 2.45) is 28.9 Å². The molecule has 4 aliphatic carbocycles. The van der Waals surface area contributed by atoms with E-state index in [4.69, 9.17) is 5.73 Å². The summed E-state index contributed by atoms with van der Waals surface area (Å²) < 4.78 is 0. The Morgan fingerprint density at radius 1 is 1.19 bits per heavy atom. The van der Waals surface area contributed by atoms with E-state index in [2.05, 4.69) is 5.32 Å². The topological polar surface area (TPSA) is 55.1 Å². The van der Waals surface area contributed by atoms with E-state index in [0.717, 1.165) is 24.2 Å². The van der Waals surface area contributed by atoms with Crippen LogP contribution in [0.15, 0.2) is 0 Å². The highest BCUT2D eigenvalue weighted by Gasteiger charge is 2.53. The first kappa shape index (κ1) is 10.6. The maximum absolute atomic E-state index is 10.7. The molecule has 0 aliphatic heterocycles. The molecule has 3 heteroatoms. The fourth-order valence-corrected chi connectivity index (χ4v) is 5.18. The summed E-state index contributed by atoms with van der Waals surface area (Å²) in [5.41, 5.74) is 6.21. The molecule has 1 atom stereocenters. The summed E-state index contributed by atoms with van der Waals surface area (Å²) in [4.78, 5) is 10.7. The number of hydrogen-bond donors (Lipinski definition) is 2. The van der Waals surface area contributed by atoms with Crippen molar-refractivity contribution < 1.29 is 4.79 Å². The molecule has 90 valence electrons. The fraction of sp³-hybridized carbons (Fsp3) is 0.923. The summed E-state index contributed by atoms with van der Waals surface area (Å²) in [6.07, 6.45) is 9.09. The van der Waals surface area contributed by atoms with E-state index < -0.39 is 0 Å². The van der Waals surface area contributed by atoms with Gasteiger partial charge in [-0.25, -0.2) is 0 Å². The minimum atomic E-state index is 0.221. The normalized spacial score (nSPS) is 46.7. The van der Waals surface area contributed by atoms with Crippen LogP contribution in [-0.2, 0) is 4.79 Å². The predicted molar refractivity (Wildman–Crippen MR) is 62.6 cm³/mol. The molecule has 3 nitrogen and oxygen atoms in total. The summed E-state index contributed by atoms with van der Waals surface area (Å²) in [5.74, 6) is 2.77. The molecule has 4 rings (SSSR count). The minimum absolute atomic E-state index is 0.221. The lowest BCUT2D eigenvalue weighted by Crippen LogP contribution is -2.58. The van der Waals surface area contributed by atoms with Crippen LogP contribution in [0.25, 0.3) is 0 Å². The molecule has 0 heterocycles. The van der Waals surface area contributed by atoms with E-state index in [1.54, 1.807) is 0 Å². The van der Waals surface area contributed by atoms with Crippen molar-refractivity contribution in [3.05, 3.63) is 0 Å². The zero-order valence-corrected chi connectivity index (χ0v) is 9.82. The highest BCUT2D eigenvalue weighted by molar-refractivity contribution is 5.47. The average Bonchev–Trinajstić information content (AvgIpc) is 2.23. The number of nitrogens with two attached hydrogens (primary N) is 1. The molecule has 1 unspecified atom stereocenters. The molecule has 0 aromatic heterocycles. The van der Waals surface area contributed by atoms with E-state index in [1.807, 2.05) is 0 Å². The Bertz CT molecular complexity index is 254. The van der Waals surface area contributed by atoms with Gasteiger partial charge in [0.2, 0.25) is 6.41 Å². The smallest absolute Gasteiger partial charge is 0.207 e. The Morgan fingerprint density at radius 3 is 2.06 bits per heavy atom. The van der Waals surface area contributed by atoms with Crippen LogP contribution in [0, 0.1) is 23.2 Å². The van der Waals surface area contributed by atoms with E-state index in [1.165, 1.54) is 38.5 Å². The quantitative estimate of drug-likeness (QED) is 0.704. The van der Waals surface area contributed by atoms with Crippen LogP contribution in [0.4, 0.5) is 0 Å². The summed E-state index contributed by atoms with van der Waals surface area (Å²) in [7, 11) is 0. The first-order valence-electron chi connectivity index (χ1n) is 6.65. The maximum Gasteiger partial charge on any atom is 0.207 e. The average molecular weight is 222 g/mol. The summed E-state index contributed by atoms with van der Waals surface area (Å²) in [5, 5.41) is 2.98. The Morgan fingerprint density at radius 2 is 1.69 bits per heavy atom. The molecule has 16 heavy (non-hydrogen) atoms. The number of carbonyl (C=O) groups excluding carboxylic acids is 1. The van der Waals surface area contributed by atoms with Crippen LogP contribution in [0.2, 0.25) is 0 Å². The first-order valence-corrected chi connectivity index (χ1v) is 6.65. The highest BCUT2D eigenvalue weighted by Crippen LogP contribution is 2.61. The van der Waals surface area contributed by atoms with Gasteiger partial charge in [-0.1, -0.05) is 0 Å². The number of carbonyl (C=O) groups is 1. The molecule has 4 fully saturated rings. The Kier molecular flexibility index (Phi) is 2.46. The zero-order chi connectivity index (χ0) is 11.2. The Labute approximate surface area is 97.2 Å². The third-order valence-corrected chi connectivity index (χ3v) is 5.33. The monoisotopic (exact) mass is 222 g/mol. The summed E-state index contributed by atoms with van der Waals surface area (Å²) >= 11 is 0. The Hall–Kier alpha value is -0.570. The highest BCUT2D eigenvalue weighted by atomic mass is 16.1. The molecule has 4 aliphatic rings. The maximum atomic E-state index is 10.7. The van der Waals surface area contributed by atoms with Gasteiger partial charge in [-0.2, -0.15) is 0 Å². The standard InChI is InChI=1S/C13H22N2O/c14-7-12(15-8-16)13-4-9-1-10(5-13)3-11(2-9)6-13/h8-12H,1-7,14H2,(H,15,16).